The van der Waals surface area contributed by atoms with Crippen LogP contribution in [0.3, 0.4) is 0 Å². The van der Waals surface area contributed by atoms with E-state index < -0.39 is 97.5 Å². The molecule has 0 saturated heterocycles. The van der Waals surface area contributed by atoms with Gasteiger partial charge in [0.2, 0.25) is 0 Å². The number of aliphatic hydroxyl groups is 1. The number of hydrogen-bond acceptors (Lipinski definition) is 15. The minimum Gasteiger partial charge on any atom is -0.462 e. The second-order valence-corrected chi connectivity index (χ2v) is 32.9. The van der Waals surface area contributed by atoms with Crippen LogP contribution in [0.5, 0.6) is 0 Å². The summed E-state index contributed by atoms with van der Waals surface area (Å²) in [5, 5.41) is 10.6. The smallest absolute Gasteiger partial charge is 0.462 e. The van der Waals surface area contributed by atoms with E-state index in [-0.39, 0.29) is 25.7 Å². The zero-order valence-electron chi connectivity index (χ0n) is 63.7. The van der Waals surface area contributed by atoms with Crippen LogP contribution in [-0.4, -0.2) is 96.7 Å². The molecule has 0 amide bonds. The van der Waals surface area contributed by atoms with E-state index >= 15 is 0 Å². The summed E-state index contributed by atoms with van der Waals surface area (Å²) in [5.41, 5.74) is 0. The van der Waals surface area contributed by atoms with E-state index in [0.29, 0.717) is 25.7 Å². The molecule has 0 aromatic rings. The van der Waals surface area contributed by atoms with E-state index in [1.807, 2.05) is 0 Å². The van der Waals surface area contributed by atoms with Crippen LogP contribution < -0.4 is 0 Å². The zero-order valence-corrected chi connectivity index (χ0v) is 65.5. The van der Waals surface area contributed by atoms with Gasteiger partial charge in [-0.3, -0.25) is 37.3 Å². The highest BCUT2D eigenvalue weighted by atomic mass is 31.2. The first-order chi connectivity index (χ1) is 46.6. The van der Waals surface area contributed by atoms with Crippen LogP contribution in [0, 0.1) is 23.7 Å². The highest BCUT2D eigenvalue weighted by molar-refractivity contribution is 7.47. The maximum absolute atomic E-state index is 13.1. The van der Waals surface area contributed by atoms with E-state index in [2.05, 4.69) is 55.4 Å². The maximum Gasteiger partial charge on any atom is 0.472 e. The maximum atomic E-state index is 13.1. The fraction of sp³-hybridized carbons (Fsp3) is 0.949. The molecule has 576 valence electrons. The lowest BCUT2D eigenvalue weighted by Crippen LogP contribution is -2.30. The Kier molecular flexibility index (Phi) is 65.9. The number of hydrogen-bond donors (Lipinski definition) is 3. The molecule has 0 rings (SSSR count). The van der Waals surface area contributed by atoms with Gasteiger partial charge in [0.25, 0.3) is 0 Å². The van der Waals surface area contributed by atoms with Crippen molar-refractivity contribution in [2.45, 2.75) is 414 Å². The molecule has 0 bridgehead atoms. The topological polar surface area (TPSA) is 237 Å². The molecule has 0 aliphatic rings. The first-order valence-corrected chi connectivity index (χ1v) is 43.2. The number of unbranched alkanes of at least 4 members (excludes halogenated alkanes) is 41. The van der Waals surface area contributed by atoms with Crippen molar-refractivity contribution in [3.8, 4) is 0 Å². The molecule has 17 nitrogen and oxygen atoms in total. The summed E-state index contributed by atoms with van der Waals surface area (Å²) in [7, 11) is -9.92. The SMILES string of the molecule is CC(C)CCCCCCCCCCCCCCCCCCCCC(=O)O[C@H](COC(=O)CCCCCCCCCCCC(C)C)COP(=O)(O)OC[C@@H](O)COP(=O)(O)OC[C@@H](COC(=O)CCCCCCCCCCCC(C)C)OC(=O)CCCCCCCCCCCC(C)C. The van der Waals surface area contributed by atoms with Crippen molar-refractivity contribution in [2.24, 2.45) is 23.7 Å². The van der Waals surface area contributed by atoms with Gasteiger partial charge in [0.15, 0.2) is 12.2 Å². The lowest BCUT2D eigenvalue weighted by molar-refractivity contribution is -0.161. The van der Waals surface area contributed by atoms with Gasteiger partial charge >= 0.3 is 39.5 Å². The minimum absolute atomic E-state index is 0.105. The molecule has 0 aliphatic carbocycles. The van der Waals surface area contributed by atoms with E-state index in [1.54, 1.807) is 0 Å². The zero-order chi connectivity index (χ0) is 71.7. The molecule has 3 N–H and O–H groups in total. The minimum atomic E-state index is -4.96. The number of phosphoric acid groups is 2. The van der Waals surface area contributed by atoms with Crippen molar-refractivity contribution >= 4 is 39.5 Å². The highest BCUT2D eigenvalue weighted by Gasteiger charge is 2.30. The molecule has 0 aromatic carbocycles. The van der Waals surface area contributed by atoms with Crippen LogP contribution in [0.4, 0.5) is 0 Å². The average molecular weight is 1420 g/mol. The molecule has 0 fully saturated rings. The van der Waals surface area contributed by atoms with Crippen molar-refractivity contribution in [1.82, 2.24) is 0 Å². The normalized spacial score (nSPS) is 14.1. The van der Waals surface area contributed by atoms with E-state index in [1.165, 1.54) is 199 Å². The van der Waals surface area contributed by atoms with E-state index in [9.17, 15) is 43.2 Å². The molecule has 5 atom stereocenters. The monoisotopic (exact) mass is 1420 g/mol. The van der Waals surface area contributed by atoms with Gasteiger partial charge in [-0.05, 0) is 49.4 Å². The average Bonchev–Trinajstić information content (AvgIpc) is 2.98. The molecular weight excluding hydrogens is 1270 g/mol. The Balaban J connectivity index is 5.21. The third-order valence-corrected chi connectivity index (χ3v) is 20.0. The number of esters is 4. The fourth-order valence-electron chi connectivity index (χ4n) is 11.9. The van der Waals surface area contributed by atoms with Crippen LogP contribution in [0.1, 0.15) is 396 Å². The number of rotatable bonds is 75. The summed E-state index contributed by atoms with van der Waals surface area (Å²) in [6.07, 6.45) is 52.8. The van der Waals surface area contributed by atoms with Crippen LogP contribution in [0.15, 0.2) is 0 Å². The Morgan fingerprint density at radius 2 is 0.433 bits per heavy atom. The lowest BCUT2D eigenvalue weighted by atomic mass is 10.0. The summed E-state index contributed by atoms with van der Waals surface area (Å²) < 4.78 is 68.6. The Labute approximate surface area is 594 Å². The van der Waals surface area contributed by atoms with Crippen molar-refractivity contribution in [3.05, 3.63) is 0 Å². The second kappa shape index (κ2) is 67.2. The Hall–Kier alpha value is -1.94. The summed E-state index contributed by atoms with van der Waals surface area (Å²) in [5.74, 6) is 0.925. The quantitative estimate of drug-likeness (QED) is 0.0222. The summed E-state index contributed by atoms with van der Waals surface area (Å²) in [6, 6.07) is 0. The molecule has 2 unspecified atom stereocenters. The summed E-state index contributed by atoms with van der Waals surface area (Å²) in [6.45, 7) is 14.2. The lowest BCUT2D eigenvalue weighted by Gasteiger charge is -2.21. The standard InChI is InChI=1S/C78H152O17P2/c1-68(2)54-46-38-30-22-17-15-13-11-9-10-12-14-16-18-26-36-44-52-60-77(82)94-73(64-88-75(80)58-50-42-34-27-19-23-31-39-47-55-69(3)4)66-92-96(84,85)90-62-72(79)63-91-97(86,87)93-67-74(95-78(83)61-53-45-37-29-21-25-33-41-49-57-71(7)8)65-89-76(81)59-51-43-35-28-20-24-32-40-48-56-70(5)6/h68-74,79H,9-67H2,1-8H3,(H,84,85)(H,86,87)/t72-,73-,74-/m1/s1. The van der Waals surface area contributed by atoms with Crippen molar-refractivity contribution in [1.29, 1.82) is 0 Å². The molecule has 0 heterocycles. The van der Waals surface area contributed by atoms with Crippen molar-refractivity contribution in [2.75, 3.05) is 39.6 Å². The molecule has 0 aromatic heterocycles. The predicted octanol–water partition coefficient (Wildman–Crippen LogP) is 22.8. The van der Waals surface area contributed by atoms with Crippen LogP contribution in [-0.2, 0) is 65.4 Å². The van der Waals surface area contributed by atoms with Gasteiger partial charge in [0, 0.05) is 25.7 Å². The third kappa shape index (κ3) is 72.2. The number of aliphatic hydroxyl groups excluding tert-OH is 1. The number of carbonyl (C=O) groups excluding carboxylic acids is 4. The second-order valence-electron chi connectivity index (χ2n) is 30.0. The number of carbonyl (C=O) groups is 4. The number of ether oxygens (including phenoxy) is 4. The predicted molar refractivity (Wildman–Crippen MR) is 395 cm³/mol. The molecule has 19 heteroatoms. The van der Waals surface area contributed by atoms with Crippen molar-refractivity contribution < 1.29 is 80.2 Å². The highest BCUT2D eigenvalue weighted by Crippen LogP contribution is 2.45. The number of phosphoric ester groups is 2. The molecule has 0 spiro atoms. The Bertz CT molecular complexity index is 1900. The Morgan fingerprint density at radius 3 is 0.639 bits per heavy atom. The Morgan fingerprint density at radius 1 is 0.258 bits per heavy atom. The molecule has 0 radical (unpaired) electrons. The van der Waals surface area contributed by atoms with Gasteiger partial charge < -0.3 is 33.8 Å². The molecular formula is C78H152O17P2. The van der Waals surface area contributed by atoms with Gasteiger partial charge in [0.1, 0.15) is 19.3 Å². The van der Waals surface area contributed by atoms with Gasteiger partial charge in [-0.25, -0.2) is 9.13 Å². The molecule has 97 heavy (non-hydrogen) atoms. The molecule has 0 saturated carbocycles. The first-order valence-electron chi connectivity index (χ1n) is 40.2. The van der Waals surface area contributed by atoms with Crippen LogP contribution in [0.2, 0.25) is 0 Å². The largest absolute Gasteiger partial charge is 0.472 e. The van der Waals surface area contributed by atoms with Gasteiger partial charge in [0.05, 0.1) is 26.4 Å². The molecule has 0 aliphatic heterocycles. The summed E-state index contributed by atoms with van der Waals surface area (Å²) in [4.78, 5) is 72.9. The van der Waals surface area contributed by atoms with Crippen LogP contribution >= 0.6 is 15.6 Å². The first kappa shape index (κ1) is 95.1. The van der Waals surface area contributed by atoms with Gasteiger partial charge in [-0.2, -0.15) is 0 Å². The fourth-order valence-corrected chi connectivity index (χ4v) is 13.5. The van der Waals surface area contributed by atoms with Crippen molar-refractivity contribution in [3.63, 3.8) is 0 Å². The van der Waals surface area contributed by atoms with E-state index in [4.69, 9.17) is 37.0 Å². The van der Waals surface area contributed by atoms with Crippen LogP contribution in [0.25, 0.3) is 0 Å². The van der Waals surface area contributed by atoms with E-state index in [0.717, 1.165) is 114 Å². The van der Waals surface area contributed by atoms with Gasteiger partial charge in [-0.1, -0.05) is 344 Å². The van der Waals surface area contributed by atoms with Gasteiger partial charge in [-0.15, -0.1) is 0 Å². The third-order valence-electron chi connectivity index (χ3n) is 18.1. The summed E-state index contributed by atoms with van der Waals surface area (Å²) >= 11 is 0.